The minimum atomic E-state index is -3.88. The van der Waals surface area contributed by atoms with Crippen LogP contribution >= 0.6 is 0 Å². The number of aromatic nitrogens is 1. The highest BCUT2D eigenvalue weighted by atomic mass is 32.2. The number of hydrogen-bond acceptors (Lipinski definition) is 6. The summed E-state index contributed by atoms with van der Waals surface area (Å²) in [5.41, 5.74) is 3.67. The van der Waals surface area contributed by atoms with Crippen molar-refractivity contribution in [2.75, 3.05) is 39.3 Å². The Bertz CT molecular complexity index is 1410. The molecule has 0 N–H and O–H groups in total. The molecule has 1 aromatic heterocycles. The van der Waals surface area contributed by atoms with Crippen molar-refractivity contribution in [1.82, 2.24) is 19.3 Å². The molecule has 3 aromatic rings. The van der Waals surface area contributed by atoms with Crippen molar-refractivity contribution in [2.45, 2.75) is 38.1 Å². The number of carbonyl (C=O) groups is 1. The van der Waals surface area contributed by atoms with Crippen molar-refractivity contribution in [2.24, 2.45) is 5.92 Å². The standard InChI is InChI=1S/C30H36N4O4S/c1-23-10-12-25(13-11-23)14-15-28-29(24(2)31-38-28)39(36,37)34-16-6-9-27(22-34)30(35)33-19-17-32(18-20-33)21-26-7-4-3-5-8-26/h3-5,7-8,10-15,27H,6,9,16-22H2,1-2H3. The highest BCUT2D eigenvalue weighted by Gasteiger charge is 2.38. The van der Waals surface area contributed by atoms with Crippen molar-refractivity contribution in [3.8, 4) is 0 Å². The lowest BCUT2D eigenvalue weighted by molar-refractivity contribution is -0.138. The quantitative estimate of drug-likeness (QED) is 0.440. The molecule has 2 aliphatic rings. The lowest BCUT2D eigenvalue weighted by Gasteiger charge is -2.38. The maximum absolute atomic E-state index is 13.8. The number of carbonyl (C=O) groups excluding carboxylic acids is 1. The van der Waals surface area contributed by atoms with Gasteiger partial charge in [-0.05, 0) is 43.9 Å². The van der Waals surface area contributed by atoms with Crippen LogP contribution in [0.15, 0.2) is 64.0 Å². The van der Waals surface area contributed by atoms with E-state index in [0.29, 0.717) is 38.2 Å². The average molecular weight is 549 g/mol. The summed E-state index contributed by atoms with van der Waals surface area (Å²) in [5.74, 6) is -0.0900. The number of hydrogen-bond donors (Lipinski definition) is 0. The summed E-state index contributed by atoms with van der Waals surface area (Å²) < 4.78 is 34.4. The second kappa shape index (κ2) is 11.9. The third kappa shape index (κ3) is 6.32. The van der Waals surface area contributed by atoms with E-state index in [1.165, 1.54) is 9.87 Å². The fourth-order valence-corrected chi connectivity index (χ4v) is 7.14. The molecule has 9 heteroatoms. The van der Waals surface area contributed by atoms with Crippen LogP contribution in [0.3, 0.4) is 0 Å². The van der Waals surface area contributed by atoms with Gasteiger partial charge >= 0.3 is 0 Å². The highest BCUT2D eigenvalue weighted by molar-refractivity contribution is 7.89. The number of sulfonamides is 1. The van der Waals surface area contributed by atoms with E-state index in [1.54, 1.807) is 13.0 Å². The Morgan fingerprint density at radius 1 is 0.974 bits per heavy atom. The Labute approximate surface area is 230 Å². The van der Waals surface area contributed by atoms with Crippen LogP contribution in [0.5, 0.6) is 0 Å². The van der Waals surface area contributed by atoms with E-state index in [4.69, 9.17) is 4.52 Å². The first-order chi connectivity index (χ1) is 18.8. The molecule has 8 nitrogen and oxygen atoms in total. The minimum Gasteiger partial charge on any atom is -0.355 e. The lowest BCUT2D eigenvalue weighted by atomic mass is 9.97. The third-order valence-electron chi connectivity index (χ3n) is 7.60. The number of rotatable bonds is 7. The third-order valence-corrected chi connectivity index (χ3v) is 9.63. The summed E-state index contributed by atoms with van der Waals surface area (Å²) in [6, 6.07) is 18.3. The number of amides is 1. The van der Waals surface area contributed by atoms with Gasteiger partial charge in [0.15, 0.2) is 10.7 Å². The van der Waals surface area contributed by atoms with Gasteiger partial charge in [0.05, 0.1) is 5.92 Å². The normalized spacial score (nSPS) is 19.5. The zero-order valence-corrected chi connectivity index (χ0v) is 23.4. The van der Waals surface area contributed by atoms with E-state index in [1.807, 2.05) is 60.4 Å². The Hall–Kier alpha value is -3.27. The number of piperidine rings is 1. The van der Waals surface area contributed by atoms with Gasteiger partial charge in [-0.1, -0.05) is 71.4 Å². The van der Waals surface area contributed by atoms with E-state index >= 15 is 0 Å². The van der Waals surface area contributed by atoms with Gasteiger partial charge in [0.2, 0.25) is 15.9 Å². The average Bonchev–Trinajstić information content (AvgIpc) is 3.34. The van der Waals surface area contributed by atoms with Crippen LogP contribution in [0.25, 0.3) is 12.2 Å². The van der Waals surface area contributed by atoms with Gasteiger partial charge in [0.25, 0.3) is 0 Å². The molecule has 39 heavy (non-hydrogen) atoms. The minimum absolute atomic E-state index is 0.0517. The summed E-state index contributed by atoms with van der Waals surface area (Å²) in [6.07, 6.45) is 4.80. The Balaban J connectivity index is 1.24. The van der Waals surface area contributed by atoms with Crippen LogP contribution in [-0.4, -0.2) is 72.9 Å². The van der Waals surface area contributed by atoms with Gasteiger partial charge in [0.1, 0.15) is 5.69 Å². The van der Waals surface area contributed by atoms with E-state index in [-0.39, 0.29) is 29.0 Å². The molecule has 5 rings (SSSR count). The molecular weight excluding hydrogens is 512 g/mol. The van der Waals surface area contributed by atoms with E-state index in [2.05, 4.69) is 22.2 Å². The first kappa shape index (κ1) is 27.3. The lowest BCUT2D eigenvalue weighted by Crippen LogP contribution is -2.52. The molecule has 0 aliphatic carbocycles. The molecule has 0 spiro atoms. The summed E-state index contributed by atoms with van der Waals surface area (Å²) in [6.45, 7) is 8.03. The molecule has 2 saturated heterocycles. The molecule has 0 radical (unpaired) electrons. The van der Waals surface area contributed by atoms with Gasteiger partial charge in [-0.2, -0.15) is 4.31 Å². The van der Waals surface area contributed by atoms with E-state index < -0.39 is 10.0 Å². The van der Waals surface area contributed by atoms with Crippen LogP contribution in [0.1, 0.15) is 41.0 Å². The van der Waals surface area contributed by atoms with Gasteiger partial charge < -0.3 is 9.42 Å². The summed E-state index contributed by atoms with van der Waals surface area (Å²) in [4.78, 5) is 17.8. The van der Waals surface area contributed by atoms with Crippen molar-refractivity contribution in [1.29, 1.82) is 0 Å². The van der Waals surface area contributed by atoms with Crippen LogP contribution in [0.4, 0.5) is 0 Å². The molecule has 2 fully saturated rings. The summed E-state index contributed by atoms with van der Waals surface area (Å²) in [7, 11) is -3.88. The SMILES string of the molecule is Cc1ccc(C=Cc2onc(C)c2S(=O)(=O)N2CCCC(C(=O)N3CCN(Cc4ccccc4)CC3)C2)cc1. The van der Waals surface area contributed by atoms with Crippen LogP contribution < -0.4 is 0 Å². The molecule has 0 bridgehead atoms. The van der Waals surface area contributed by atoms with Crippen molar-refractivity contribution in [3.63, 3.8) is 0 Å². The van der Waals surface area contributed by atoms with Crippen LogP contribution in [0, 0.1) is 19.8 Å². The maximum atomic E-state index is 13.8. The Morgan fingerprint density at radius 3 is 2.41 bits per heavy atom. The molecule has 2 aromatic carbocycles. The monoisotopic (exact) mass is 548 g/mol. The molecule has 0 saturated carbocycles. The van der Waals surface area contributed by atoms with Crippen molar-refractivity contribution >= 4 is 28.1 Å². The van der Waals surface area contributed by atoms with Crippen molar-refractivity contribution in [3.05, 3.63) is 82.7 Å². The Kier molecular flexibility index (Phi) is 8.30. The molecular formula is C30H36N4O4S. The number of nitrogens with zero attached hydrogens (tertiary/aromatic N) is 4. The fraction of sp³-hybridized carbons (Fsp3) is 0.400. The molecule has 1 atom stereocenters. The smallest absolute Gasteiger partial charge is 0.248 e. The Morgan fingerprint density at radius 2 is 1.69 bits per heavy atom. The second-order valence-electron chi connectivity index (χ2n) is 10.5. The van der Waals surface area contributed by atoms with Crippen LogP contribution in [-0.2, 0) is 21.4 Å². The number of piperazine rings is 1. The maximum Gasteiger partial charge on any atom is 0.248 e. The highest BCUT2D eigenvalue weighted by Crippen LogP contribution is 2.30. The molecule has 2 aliphatic heterocycles. The predicted molar refractivity (Wildman–Crippen MR) is 151 cm³/mol. The molecule has 1 amide bonds. The van der Waals surface area contributed by atoms with Crippen molar-refractivity contribution < 1.29 is 17.7 Å². The number of benzene rings is 2. The largest absolute Gasteiger partial charge is 0.355 e. The van der Waals surface area contributed by atoms with Gasteiger partial charge in [-0.25, -0.2) is 8.42 Å². The second-order valence-corrected chi connectivity index (χ2v) is 12.4. The molecule has 206 valence electrons. The summed E-state index contributed by atoms with van der Waals surface area (Å²) >= 11 is 0. The van der Waals surface area contributed by atoms with Gasteiger partial charge in [-0.15, -0.1) is 0 Å². The predicted octanol–water partition coefficient (Wildman–Crippen LogP) is 4.21. The summed E-state index contributed by atoms with van der Waals surface area (Å²) in [5, 5.41) is 3.96. The van der Waals surface area contributed by atoms with Crippen LogP contribution in [0.2, 0.25) is 0 Å². The molecule has 3 heterocycles. The van der Waals surface area contributed by atoms with E-state index in [9.17, 15) is 13.2 Å². The van der Waals surface area contributed by atoms with Gasteiger partial charge in [0, 0.05) is 45.8 Å². The molecule has 1 unspecified atom stereocenters. The zero-order chi connectivity index (χ0) is 27.4. The number of aryl methyl sites for hydroxylation is 2. The fourth-order valence-electron chi connectivity index (χ4n) is 5.37. The van der Waals surface area contributed by atoms with E-state index in [0.717, 1.165) is 30.8 Å². The zero-order valence-electron chi connectivity index (χ0n) is 22.6. The topological polar surface area (TPSA) is 87.0 Å². The first-order valence-corrected chi connectivity index (χ1v) is 15.0. The van der Waals surface area contributed by atoms with Gasteiger partial charge in [-0.3, -0.25) is 9.69 Å². The first-order valence-electron chi connectivity index (χ1n) is 13.6.